The zero-order chi connectivity index (χ0) is 12.6. The number of rotatable bonds is 6. The van der Waals surface area contributed by atoms with Gasteiger partial charge in [0.15, 0.2) is 0 Å². The molecule has 0 atom stereocenters. The van der Waals surface area contributed by atoms with Crippen LogP contribution < -0.4 is 16.0 Å². The van der Waals surface area contributed by atoms with E-state index in [9.17, 15) is 0 Å². The van der Waals surface area contributed by atoms with Gasteiger partial charge in [-0.1, -0.05) is 42.5 Å². The fourth-order valence-electron chi connectivity index (χ4n) is 1.71. The van der Waals surface area contributed by atoms with Crippen LogP contribution in [0.5, 0.6) is 5.75 Å². The van der Waals surface area contributed by atoms with Crippen LogP contribution in [-0.2, 0) is 13.0 Å². The molecule has 0 aliphatic rings. The molecule has 0 spiro atoms. The van der Waals surface area contributed by atoms with E-state index in [1.165, 1.54) is 11.1 Å². The van der Waals surface area contributed by atoms with E-state index < -0.39 is 0 Å². The minimum Gasteiger partial charge on any atom is -0.489 e. The van der Waals surface area contributed by atoms with Gasteiger partial charge in [0.05, 0.1) is 0 Å². The average Bonchev–Trinajstić information content (AvgIpc) is 2.45. The van der Waals surface area contributed by atoms with Crippen molar-refractivity contribution in [2.45, 2.75) is 13.0 Å². The van der Waals surface area contributed by atoms with Crippen molar-refractivity contribution in [3.05, 3.63) is 65.7 Å². The van der Waals surface area contributed by atoms with E-state index in [2.05, 4.69) is 29.7 Å². The zero-order valence-corrected chi connectivity index (χ0v) is 10.3. The van der Waals surface area contributed by atoms with Crippen molar-refractivity contribution in [3.63, 3.8) is 0 Å². The molecule has 3 nitrogen and oxygen atoms in total. The maximum absolute atomic E-state index is 5.71. The number of nitrogens with two attached hydrogens (primary N) is 1. The summed E-state index contributed by atoms with van der Waals surface area (Å²) in [6.07, 6.45) is 0.926. The second-order valence-electron chi connectivity index (χ2n) is 4.12. The molecule has 2 aromatic rings. The molecule has 0 saturated heterocycles. The van der Waals surface area contributed by atoms with Crippen LogP contribution in [0.25, 0.3) is 0 Å². The summed E-state index contributed by atoms with van der Waals surface area (Å²) in [5.74, 6) is 6.14. The highest BCUT2D eigenvalue weighted by Gasteiger charge is 1.96. The Balaban J connectivity index is 1.86. The lowest BCUT2D eigenvalue weighted by Crippen LogP contribution is -2.24. The van der Waals surface area contributed by atoms with E-state index in [1.54, 1.807) is 0 Å². The molecule has 18 heavy (non-hydrogen) atoms. The van der Waals surface area contributed by atoms with Crippen molar-refractivity contribution in [1.29, 1.82) is 0 Å². The van der Waals surface area contributed by atoms with E-state index >= 15 is 0 Å². The maximum Gasteiger partial charge on any atom is 0.119 e. The summed E-state index contributed by atoms with van der Waals surface area (Å²) in [4.78, 5) is 0. The van der Waals surface area contributed by atoms with Gasteiger partial charge in [0.2, 0.25) is 0 Å². The van der Waals surface area contributed by atoms with Crippen LogP contribution in [0.2, 0.25) is 0 Å². The smallest absolute Gasteiger partial charge is 0.119 e. The molecule has 0 aromatic heterocycles. The van der Waals surface area contributed by atoms with Crippen LogP contribution in [0.1, 0.15) is 11.1 Å². The van der Waals surface area contributed by atoms with E-state index in [4.69, 9.17) is 10.6 Å². The van der Waals surface area contributed by atoms with Gasteiger partial charge in [0.25, 0.3) is 0 Å². The Hall–Kier alpha value is -1.84. The average molecular weight is 242 g/mol. The van der Waals surface area contributed by atoms with Crippen molar-refractivity contribution in [1.82, 2.24) is 5.43 Å². The Morgan fingerprint density at radius 2 is 1.61 bits per heavy atom. The Kier molecular flexibility index (Phi) is 4.76. The summed E-state index contributed by atoms with van der Waals surface area (Å²) in [6.45, 7) is 1.38. The molecule has 0 amide bonds. The SMILES string of the molecule is NNCCc1ccc(OCc2ccccc2)cc1. The molecule has 0 saturated carbocycles. The summed E-state index contributed by atoms with van der Waals surface area (Å²) in [6, 6.07) is 18.3. The minimum absolute atomic E-state index is 0.602. The van der Waals surface area contributed by atoms with Gasteiger partial charge in [-0.05, 0) is 29.7 Å². The largest absolute Gasteiger partial charge is 0.489 e. The van der Waals surface area contributed by atoms with E-state index in [1.807, 2.05) is 30.3 Å². The Labute approximate surface area is 108 Å². The monoisotopic (exact) mass is 242 g/mol. The molecule has 3 heteroatoms. The highest BCUT2D eigenvalue weighted by molar-refractivity contribution is 5.28. The van der Waals surface area contributed by atoms with Crippen molar-refractivity contribution in [2.24, 2.45) is 5.84 Å². The Bertz CT molecular complexity index is 454. The van der Waals surface area contributed by atoms with Gasteiger partial charge in [-0.25, -0.2) is 0 Å². The number of ether oxygens (including phenoxy) is 1. The lowest BCUT2D eigenvalue weighted by atomic mass is 10.1. The Morgan fingerprint density at radius 1 is 0.889 bits per heavy atom. The highest BCUT2D eigenvalue weighted by Crippen LogP contribution is 2.14. The normalized spacial score (nSPS) is 10.3. The van der Waals surface area contributed by atoms with E-state index in [0.29, 0.717) is 6.61 Å². The van der Waals surface area contributed by atoms with Crippen LogP contribution >= 0.6 is 0 Å². The molecule has 94 valence electrons. The van der Waals surface area contributed by atoms with Gasteiger partial charge in [0.1, 0.15) is 12.4 Å². The summed E-state index contributed by atoms with van der Waals surface area (Å²) >= 11 is 0. The molecule has 0 bridgehead atoms. The predicted octanol–water partition coefficient (Wildman–Crippen LogP) is 2.27. The molecule has 3 N–H and O–H groups in total. The number of benzene rings is 2. The number of nitrogens with one attached hydrogen (secondary N) is 1. The van der Waals surface area contributed by atoms with Gasteiger partial charge in [-0.15, -0.1) is 0 Å². The van der Waals surface area contributed by atoms with Crippen molar-refractivity contribution < 1.29 is 4.74 Å². The predicted molar refractivity (Wildman–Crippen MR) is 73.1 cm³/mol. The topological polar surface area (TPSA) is 47.3 Å². The van der Waals surface area contributed by atoms with Gasteiger partial charge < -0.3 is 4.74 Å². The molecule has 0 fully saturated rings. The lowest BCUT2D eigenvalue weighted by molar-refractivity contribution is 0.306. The number of hydrogen-bond acceptors (Lipinski definition) is 3. The second-order valence-corrected chi connectivity index (χ2v) is 4.12. The van der Waals surface area contributed by atoms with Gasteiger partial charge >= 0.3 is 0 Å². The third kappa shape index (κ3) is 3.87. The molecular weight excluding hydrogens is 224 g/mol. The molecule has 0 radical (unpaired) electrons. The van der Waals surface area contributed by atoms with Crippen LogP contribution in [-0.4, -0.2) is 6.54 Å². The summed E-state index contributed by atoms with van der Waals surface area (Å²) in [5, 5.41) is 0. The van der Waals surface area contributed by atoms with Crippen molar-refractivity contribution in [3.8, 4) is 5.75 Å². The summed E-state index contributed by atoms with van der Waals surface area (Å²) < 4.78 is 5.71. The van der Waals surface area contributed by atoms with Crippen LogP contribution in [0.4, 0.5) is 0 Å². The second kappa shape index (κ2) is 6.79. The van der Waals surface area contributed by atoms with Crippen LogP contribution in [0.3, 0.4) is 0 Å². The first-order valence-corrected chi connectivity index (χ1v) is 6.07. The van der Waals surface area contributed by atoms with Gasteiger partial charge in [0, 0.05) is 6.54 Å². The zero-order valence-electron chi connectivity index (χ0n) is 10.3. The summed E-state index contributed by atoms with van der Waals surface area (Å²) in [7, 11) is 0. The van der Waals surface area contributed by atoms with Crippen molar-refractivity contribution >= 4 is 0 Å². The van der Waals surface area contributed by atoms with Crippen LogP contribution in [0, 0.1) is 0 Å². The Morgan fingerprint density at radius 3 is 2.28 bits per heavy atom. The lowest BCUT2D eigenvalue weighted by Gasteiger charge is -2.07. The molecule has 0 aliphatic heterocycles. The fourth-order valence-corrected chi connectivity index (χ4v) is 1.71. The minimum atomic E-state index is 0.602. The fraction of sp³-hybridized carbons (Fsp3) is 0.200. The van der Waals surface area contributed by atoms with Crippen molar-refractivity contribution in [2.75, 3.05) is 6.54 Å². The molecule has 0 heterocycles. The van der Waals surface area contributed by atoms with Crippen LogP contribution in [0.15, 0.2) is 54.6 Å². The maximum atomic E-state index is 5.71. The quantitative estimate of drug-likeness (QED) is 0.603. The first kappa shape index (κ1) is 12.6. The number of hydrazine groups is 1. The molecular formula is C15H18N2O. The third-order valence-electron chi connectivity index (χ3n) is 2.73. The van der Waals surface area contributed by atoms with E-state index in [-0.39, 0.29) is 0 Å². The van der Waals surface area contributed by atoms with E-state index in [0.717, 1.165) is 18.7 Å². The molecule has 0 unspecified atom stereocenters. The molecule has 2 rings (SSSR count). The third-order valence-corrected chi connectivity index (χ3v) is 2.73. The molecule has 2 aromatic carbocycles. The first-order chi connectivity index (χ1) is 8.88. The highest BCUT2D eigenvalue weighted by atomic mass is 16.5. The molecule has 0 aliphatic carbocycles. The number of hydrogen-bond donors (Lipinski definition) is 2. The standard InChI is InChI=1S/C15H18N2O/c16-17-11-10-13-6-8-15(9-7-13)18-12-14-4-2-1-3-5-14/h1-9,17H,10-12,16H2. The first-order valence-electron chi connectivity index (χ1n) is 6.07. The van der Waals surface area contributed by atoms with Gasteiger partial charge in [-0.3, -0.25) is 11.3 Å². The summed E-state index contributed by atoms with van der Waals surface area (Å²) in [5.41, 5.74) is 5.07. The van der Waals surface area contributed by atoms with Gasteiger partial charge in [-0.2, -0.15) is 0 Å².